The minimum absolute atomic E-state index is 0.814. The number of nitrogens with zero attached hydrogens (tertiary/aromatic N) is 1. The van der Waals surface area contributed by atoms with Crippen molar-refractivity contribution in [3.05, 3.63) is 0 Å². The summed E-state index contributed by atoms with van der Waals surface area (Å²) in [6, 6.07) is 0. The van der Waals surface area contributed by atoms with Gasteiger partial charge >= 0.3 is 0 Å². The highest BCUT2D eigenvalue weighted by atomic mass is 15.2. The van der Waals surface area contributed by atoms with E-state index in [9.17, 15) is 0 Å². The van der Waals surface area contributed by atoms with Crippen LogP contribution in [0.1, 0.15) is 53.4 Å². The molecule has 0 aromatic carbocycles. The smallest absolute Gasteiger partial charge is 0.00474 e. The molecule has 2 aliphatic rings. The lowest BCUT2D eigenvalue weighted by molar-refractivity contribution is 0.0289. The van der Waals surface area contributed by atoms with Gasteiger partial charge in [0.2, 0.25) is 0 Å². The Morgan fingerprint density at radius 1 is 0.846 bits per heavy atom. The van der Waals surface area contributed by atoms with Gasteiger partial charge in [-0.05, 0) is 25.3 Å². The van der Waals surface area contributed by atoms with Crippen LogP contribution >= 0.6 is 0 Å². The average molecular weight is 185 g/mol. The van der Waals surface area contributed by atoms with Crippen LogP contribution in [0, 0.1) is 5.41 Å². The minimum atomic E-state index is 0.814. The molecule has 1 spiro atoms. The molecule has 13 heavy (non-hydrogen) atoms. The van der Waals surface area contributed by atoms with Crippen LogP contribution in [0.4, 0.5) is 0 Å². The molecule has 0 aromatic rings. The highest BCUT2D eigenvalue weighted by Crippen LogP contribution is 2.44. The summed E-state index contributed by atoms with van der Waals surface area (Å²) in [4.78, 5) is 2.44. The Morgan fingerprint density at radius 2 is 1.23 bits per heavy atom. The second-order valence-corrected chi connectivity index (χ2v) is 3.88. The van der Waals surface area contributed by atoms with Crippen LogP contribution in [0.25, 0.3) is 0 Å². The highest BCUT2D eigenvalue weighted by molar-refractivity contribution is 4.96. The van der Waals surface area contributed by atoms with Crippen molar-refractivity contribution in [2.24, 2.45) is 5.41 Å². The van der Waals surface area contributed by atoms with Gasteiger partial charge in [-0.3, -0.25) is 0 Å². The maximum absolute atomic E-state index is 2.44. The first-order valence-corrected chi connectivity index (χ1v) is 5.99. The van der Waals surface area contributed by atoms with Crippen LogP contribution in [-0.2, 0) is 0 Å². The predicted molar refractivity (Wildman–Crippen MR) is 61.1 cm³/mol. The van der Waals surface area contributed by atoms with Crippen LogP contribution in [0.3, 0.4) is 0 Å². The normalized spacial score (nSPS) is 23.8. The Hall–Kier alpha value is -0.0400. The summed E-state index contributed by atoms with van der Waals surface area (Å²) in [5.41, 5.74) is 0.814. The molecule has 1 nitrogen and oxygen atoms in total. The first-order chi connectivity index (χ1) is 6.31. The first-order valence-electron chi connectivity index (χ1n) is 5.99. The molecule has 1 heterocycles. The van der Waals surface area contributed by atoms with Crippen molar-refractivity contribution in [1.29, 1.82) is 0 Å². The van der Waals surface area contributed by atoms with E-state index in [0.717, 1.165) is 5.41 Å². The third kappa shape index (κ3) is 3.30. The van der Waals surface area contributed by atoms with Gasteiger partial charge in [-0.15, -0.1) is 0 Å². The first kappa shape index (κ1) is 13.0. The molecule has 0 N–H and O–H groups in total. The van der Waals surface area contributed by atoms with Crippen LogP contribution < -0.4 is 0 Å². The zero-order chi connectivity index (χ0) is 10.3. The third-order valence-electron chi connectivity index (χ3n) is 2.87. The Balaban J connectivity index is 0.000000322. The van der Waals surface area contributed by atoms with Crippen LogP contribution in [-0.4, -0.2) is 25.0 Å². The molecular weight excluding hydrogens is 158 g/mol. The van der Waals surface area contributed by atoms with Gasteiger partial charge in [-0.25, -0.2) is 0 Å². The topological polar surface area (TPSA) is 3.24 Å². The Labute approximate surface area is 84.5 Å². The second-order valence-electron chi connectivity index (χ2n) is 3.88. The molecule has 0 aromatic heterocycles. The third-order valence-corrected chi connectivity index (χ3v) is 2.87. The lowest BCUT2D eigenvalue weighted by Crippen LogP contribution is -2.52. The monoisotopic (exact) mass is 185 g/mol. The van der Waals surface area contributed by atoms with E-state index in [4.69, 9.17) is 0 Å². The molecule has 1 aliphatic heterocycles. The minimum Gasteiger partial charge on any atom is -0.305 e. The molecule has 2 rings (SSSR count). The van der Waals surface area contributed by atoms with Crippen molar-refractivity contribution < 1.29 is 0 Å². The summed E-state index contributed by atoms with van der Waals surface area (Å²) < 4.78 is 0. The molecule has 0 unspecified atom stereocenters. The Bertz CT molecular complexity index is 106. The van der Waals surface area contributed by atoms with Crippen LogP contribution in [0.2, 0.25) is 0 Å². The van der Waals surface area contributed by atoms with E-state index >= 15 is 0 Å². The van der Waals surface area contributed by atoms with Crippen molar-refractivity contribution in [2.75, 3.05) is 20.1 Å². The van der Waals surface area contributed by atoms with Gasteiger partial charge in [-0.1, -0.05) is 40.5 Å². The summed E-state index contributed by atoms with van der Waals surface area (Å²) in [7, 11) is 2.23. The van der Waals surface area contributed by atoms with E-state index in [1.54, 1.807) is 0 Å². The fourth-order valence-electron chi connectivity index (χ4n) is 2.54. The van der Waals surface area contributed by atoms with Gasteiger partial charge in [0.1, 0.15) is 0 Å². The number of likely N-dealkylation sites (tertiary alicyclic amines) is 1. The lowest BCUT2D eigenvalue weighted by Gasteiger charge is -2.46. The summed E-state index contributed by atoms with van der Waals surface area (Å²) >= 11 is 0. The van der Waals surface area contributed by atoms with Gasteiger partial charge in [0, 0.05) is 13.1 Å². The second kappa shape index (κ2) is 6.42. The van der Waals surface area contributed by atoms with Crippen LogP contribution in [0.5, 0.6) is 0 Å². The number of rotatable bonds is 0. The predicted octanol–water partition coefficient (Wildman–Crippen LogP) is 3.54. The molecule has 0 bridgehead atoms. The number of hydrogen-bond acceptors (Lipinski definition) is 1. The van der Waals surface area contributed by atoms with E-state index in [-0.39, 0.29) is 0 Å². The molecule has 0 amide bonds. The van der Waals surface area contributed by atoms with E-state index in [1.165, 1.54) is 38.8 Å². The average Bonchev–Trinajstić information content (AvgIpc) is 2.60. The molecule has 2 fully saturated rings. The van der Waals surface area contributed by atoms with E-state index in [0.29, 0.717) is 0 Å². The quantitative estimate of drug-likeness (QED) is 0.558. The summed E-state index contributed by atoms with van der Waals surface area (Å²) in [5, 5.41) is 0. The van der Waals surface area contributed by atoms with Crippen molar-refractivity contribution in [2.45, 2.75) is 53.4 Å². The molecule has 1 saturated carbocycles. The molecule has 1 heteroatoms. The van der Waals surface area contributed by atoms with Gasteiger partial charge < -0.3 is 4.90 Å². The van der Waals surface area contributed by atoms with Gasteiger partial charge in [-0.2, -0.15) is 0 Å². The van der Waals surface area contributed by atoms with Gasteiger partial charge in [0.05, 0.1) is 0 Å². The maximum atomic E-state index is 2.44. The van der Waals surface area contributed by atoms with E-state index in [1.807, 2.05) is 27.7 Å². The fraction of sp³-hybridized carbons (Fsp3) is 1.00. The largest absolute Gasteiger partial charge is 0.305 e. The number of hydrogen-bond donors (Lipinski definition) is 0. The van der Waals surface area contributed by atoms with Crippen molar-refractivity contribution >= 4 is 0 Å². The highest BCUT2D eigenvalue weighted by Gasteiger charge is 2.42. The maximum Gasteiger partial charge on any atom is 0.00474 e. The zero-order valence-electron chi connectivity index (χ0n) is 10.2. The van der Waals surface area contributed by atoms with Gasteiger partial charge in [0.15, 0.2) is 0 Å². The van der Waals surface area contributed by atoms with Crippen molar-refractivity contribution in [3.63, 3.8) is 0 Å². The van der Waals surface area contributed by atoms with Gasteiger partial charge in [0.25, 0.3) is 0 Å². The summed E-state index contributed by atoms with van der Waals surface area (Å²) in [5.74, 6) is 0. The summed E-state index contributed by atoms with van der Waals surface area (Å²) in [6.07, 6.45) is 6.01. The molecule has 0 radical (unpaired) electrons. The Morgan fingerprint density at radius 3 is 1.54 bits per heavy atom. The van der Waals surface area contributed by atoms with E-state index in [2.05, 4.69) is 11.9 Å². The standard InChI is InChI=1S/C8H15N.2C2H6/c1-9-6-8(7-9)4-2-3-5-8;2*1-2/h2-7H2,1H3;2*1-2H3. The summed E-state index contributed by atoms with van der Waals surface area (Å²) in [6.45, 7) is 10.8. The molecule has 1 aliphatic carbocycles. The van der Waals surface area contributed by atoms with E-state index < -0.39 is 0 Å². The molecular formula is C12H27N. The lowest BCUT2D eigenvalue weighted by atomic mass is 9.79. The molecule has 80 valence electrons. The van der Waals surface area contributed by atoms with Crippen molar-refractivity contribution in [1.82, 2.24) is 4.90 Å². The molecule has 0 atom stereocenters. The fourth-order valence-corrected chi connectivity index (χ4v) is 2.54. The van der Waals surface area contributed by atoms with Crippen LogP contribution in [0.15, 0.2) is 0 Å². The SMILES string of the molecule is CC.CC.CN1CC2(CCCC2)C1. The van der Waals surface area contributed by atoms with Crippen molar-refractivity contribution in [3.8, 4) is 0 Å². The molecule has 1 saturated heterocycles. The zero-order valence-corrected chi connectivity index (χ0v) is 10.2. The Kier molecular flexibility index (Phi) is 6.40.